The van der Waals surface area contributed by atoms with Crippen molar-refractivity contribution in [2.24, 2.45) is 0 Å². The second-order valence-corrected chi connectivity index (χ2v) is 9.43. The molecule has 1 aliphatic carbocycles. The fourth-order valence-corrected chi connectivity index (χ4v) is 5.01. The maximum Gasteiger partial charge on any atom is 0.267 e. The lowest BCUT2D eigenvalue weighted by molar-refractivity contribution is 0.0954. The molecule has 2 aromatic carbocycles. The molecule has 176 valence electrons. The Morgan fingerprint density at radius 3 is 2.68 bits per heavy atom. The number of amides is 1. The van der Waals surface area contributed by atoms with Crippen LogP contribution >= 0.6 is 0 Å². The lowest BCUT2D eigenvalue weighted by Gasteiger charge is -2.22. The van der Waals surface area contributed by atoms with E-state index in [2.05, 4.69) is 16.3 Å². The number of benzene rings is 2. The number of allylic oxidation sites excluding steroid dienone is 1. The first-order chi connectivity index (χ1) is 16.6. The zero-order valence-electron chi connectivity index (χ0n) is 19.8. The van der Waals surface area contributed by atoms with Gasteiger partial charge in [0.1, 0.15) is 0 Å². The van der Waals surface area contributed by atoms with Crippen molar-refractivity contribution in [1.29, 1.82) is 0 Å². The van der Waals surface area contributed by atoms with Crippen LogP contribution in [-0.4, -0.2) is 35.1 Å². The van der Waals surface area contributed by atoms with E-state index in [-0.39, 0.29) is 11.5 Å². The van der Waals surface area contributed by atoms with Crippen LogP contribution in [0.4, 0.5) is 5.95 Å². The number of hydrogen-bond acceptors (Lipinski definition) is 4. The van der Waals surface area contributed by atoms with Crippen LogP contribution in [0.5, 0.6) is 0 Å². The van der Waals surface area contributed by atoms with E-state index in [4.69, 9.17) is 4.98 Å². The fourth-order valence-electron chi connectivity index (χ4n) is 5.01. The van der Waals surface area contributed by atoms with Crippen LogP contribution in [0.15, 0.2) is 58.9 Å². The standard InChI is InChI=1S/C28H32N4O2/c1-20-8-7-11-23(18-20)32-27(34)24-13-12-22(19-25(24)30-28(32)31-16-5-6-17-31)26(33)29-15-14-21-9-3-2-4-10-21/h7-9,11-13,18-19H,2-6,10,14-17H2,1H3,(H,29,33). The van der Waals surface area contributed by atoms with E-state index < -0.39 is 0 Å². The van der Waals surface area contributed by atoms with Crippen molar-refractivity contribution in [2.75, 3.05) is 24.5 Å². The zero-order valence-corrected chi connectivity index (χ0v) is 19.8. The molecule has 5 rings (SSSR count). The average molecular weight is 457 g/mol. The molecule has 0 spiro atoms. The number of anilines is 1. The zero-order chi connectivity index (χ0) is 23.5. The Morgan fingerprint density at radius 2 is 1.91 bits per heavy atom. The van der Waals surface area contributed by atoms with E-state index in [0.29, 0.717) is 29.0 Å². The van der Waals surface area contributed by atoms with Crippen LogP contribution in [0.25, 0.3) is 16.6 Å². The topological polar surface area (TPSA) is 67.2 Å². The first-order valence-corrected chi connectivity index (χ1v) is 12.4. The first-order valence-electron chi connectivity index (χ1n) is 12.4. The molecule has 1 saturated heterocycles. The minimum Gasteiger partial charge on any atom is -0.352 e. The van der Waals surface area contributed by atoms with Gasteiger partial charge in [0.2, 0.25) is 5.95 Å². The maximum absolute atomic E-state index is 13.6. The van der Waals surface area contributed by atoms with Crippen molar-refractivity contribution in [3.8, 4) is 5.69 Å². The SMILES string of the molecule is Cc1cccc(-n2c(N3CCCC3)nc3cc(C(=O)NCCC4=CCCCC4)ccc3c2=O)c1. The van der Waals surface area contributed by atoms with Gasteiger partial charge in [-0.05, 0) is 87.8 Å². The maximum atomic E-state index is 13.6. The average Bonchev–Trinajstić information content (AvgIpc) is 3.39. The molecule has 6 heteroatoms. The van der Waals surface area contributed by atoms with Crippen molar-refractivity contribution in [1.82, 2.24) is 14.9 Å². The van der Waals surface area contributed by atoms with E-state index in [0.717, 1.165) is 56.4 Å². The smallest absolute Gasteiger partial charge is 0.267 e. The van der Waals surface area contributed by atoms with Crippen LogP contribution in [0, 0.1) is 6.92 Å². The monoisotopic (exact) mass is 456 g/mol. The Labute approximate surface area is 200 Å². The molecule has 0 bridgehead atoms. The highest BCUT2D eigenvalue weighted by Gasteiger charge is 2.22. The van der Waals surface area contributed by atoms with Crippen LogP contribution < -0.4 is 15.8 Å². The van der Waals surface area contributed by atoms with Gasteiger partial charge in [0.15, 0.2) is 0 Å². The molecule has 1 aliphatic heterocycles. The van der Waals surface area contributed by atoms with E-state index in [1.54, 1.807) is 22.8 Å². The number of carbonyl (C=O) groups is 1. The number of nitrogens with one attached hydrogen (secondary N) is 1. The van der Waals surface area contributed by atoms with Crippen molar-refractivity contribution in [3.63, 3.8) is 0 Å². The van der Waals surface area contributed by atoms with Crippen LogP contribution in [-0.2, 0) is 0 Å². The molecule has 1 fully saturated rings. The quantitative estimate of drug-likeness (QED) is 0.535. The van der Waals surface area contributed by atoms with Crippen LogP contribution in [0.1, 0.15) is 60.9 Å². The van der Waals surface area contributed by atoms with Crippen molar-refractivity contribution in [2.45, 2.75) is 51.9 Å². The second kappa shape index (κ2) is 9.84. The largest absolute Gasteiger partial charge is 0.352 e. The third-order valence-corrected chi connectivity index (χ3v) is 6.88. The van der Waals surface area contributed by atoms with E-state index in [1.165, 1.54) is 18.4 Å². The molecular formula is C28H32N4O2. The summed E-state index contributed by atoms with van der Waals surface area (Å²) in [5.41, 5.74) is 4.36. The third-order valence-electron chi connectivity index (χ3n) is 6.88. The highest BCUT2D eigenvalue weighted by molar-refractivity contribution is 5.97. The summed E-state index contributed by atoms with van der Waals surface area (Å²) in [5.74, 6) is 0.535. The predicted molar refractivity (Wildman–Crippen MR) is 137 cm³/mol. The number of carbonyl (C=O) groups excluding carboxylic acids is 1. The molecule has 2 aliphatic rings. The molecule has 2 heterocycles. The first kappa shape index (κ1) is 22.4. The van der Waals surface area contributed by atoms with Gasteiger partial charge in [0, 0.05) is 25.2 Å². The van der Waals surface area contributed by atoms with Gasteiger partial charge in [-0.3, -0.25) is 9.59 Å². The van der Waals surface area contributed by atoms with Gasteiger partial charge in [-0.15, -0.1) is 0 Å². The summed E-state index contributed by atoms with van der Waals surface area (Å²) < 4.78 is 1.72. The van der Waals surface area contributed by atoms with Gasteiger partial charge < -0.3 is 10.2 Å². The summed E-state index contributed by atoms with van der Waals surface area (Å²) in [5, 5.41) is 3.56. The number of fused-ring (bicyclic) bond motifs is 1. The summed E-state index contributed by atoms with van der Waals surface area (Å²) in [4.78, 5) is 33.6. The summed E-state index contributed by atoms with van der Waals surface area (Å²) >= 11 is 0. The molecule has 0 radical (unpaired) electrons. The van der Waals surface area contributed by atoms with E-state index in [1.807, 2.05) is 31.2 Å². The molecular weight excluding hydrogens is 424 g/mol. The number of aryl methyl sites for hydroxylation is 1. The Kier molecular flexibility index (Phi) is 6.48. The number of hydrogen-bond donors (Lipinski definition) is 1. The summed E-state index contributed by atoms with van der Waals surface area (Å²) in [6.45, 7) is 4.40. The minimum atomic E-state index is -0.120. The van der Waals surface area contributed by atoms with Crippen molar-refractivity contribution < 1.29 is 4.79 Å². The van der Waals surface area contributed by atoms with Crippen molar-refractivity contribution >= 4 is 22.8 Å². The molecule has 3 aromatic rings. The van der Waals surface area contributed by atoms with Crippen LogP contribution in [0.2, 0.25) is 0 Å². The van der Waals surface area contributed by atoms with Gasteiger partial charge in [0.25, 0.3) is 11.5 Å². The Balaban J connectivity index is 1.47. The fraction of sp³-hybridized carbons (Fsp3) is 0.393. The molecule has 1 amide bonds. The number of rotatable bonds is 6. The molecule has 0 unspecified atom stereocenters. The predicted octanol–water partition coefficient (Wildman–Crippen LogP) is 4.91. The van der Waals surface area contributed by atoms with Gasteiger partial charge in [-0.25, -0.2) is 9.55 Å². The third kappa shape index (κ3) is 4.63. The molecule has 0 saturated carbocycles. The Hall–Kier alpha value is -3.41. The van der Waals surface area contributed by atoms with Gasteiger partial charge in [-0.1, -0.05) is 23.8 Å². The lowest BCUT2D eigenvalue weighted by atomic mass is 9.97. The van der Waals surface area contributed by atoms with E-state index in [9.17, 15) is 9.59 Å². The molecule has 0 atom stereocenters. The molecule has 1 N–H and O–H groups in total. The highest BCUT2D eigenvalue weighted by atomic mass is 16.1. The molecule has 6 nitrogen and oxygen atoms in total. The van der Waals surface area contributed by atoms with Crippen LogP contribution in [0.3, 0.4) is 0 Å². The minimum absolute atomic E-state index is 0.103. The number of nitrogens with zero attached hydrogens (tertiary/aromatic N) is 3. The normalized spacial score (nSPS) is 16.0. The second-order valence-electron chi connectivity index (χ2n) is 9.43. The van der Waals surface area contributed by atoms with Gasteiger partial charge >= 0.3 is 0 Å². The van der Waals surface area contributed by atoms with Gasteiger partial charge in [0.05, 0.1) is 16.6 Å². The summed E-state index contributed by atoms with van der Waals surface area (Å²) in [7, 11) is 0. The van der Waals surface area contributed by atoms with Crippen molar-refractivity contribution in [3.05, 3.63) is 75.6 Å². The highest BCUT2D eigenvalue weighted by Crippen LogP contribution is 2.24. The Bertz CT molecular complexity index is 1300. The Morgan fingerprint density at radius 1 is 1.06 bits per heavy atom. The number of aromatic nitrogens is 2. The van der Waals surface area contributed by atoms with Gasteiger partial charge in [-0.2, -0.15) is 0 Å². The van der Waals surface area contributed by atoms with E-state index >= 15 is 0 Å². The lowest BCUT2D eigenvalue weighted by Crippen LogP contribution is -2.30. The summed E-state index contributed by atoms with van der Waals surface area (Å²) in [6.07, 6.45) is 10.2. The molecule has 34 heavy (non-hydrogen) atoms. The molecule has 1 aromatic heterocycles. The summed E-state index contributed by atoms with van der Waals surface area (Å²) in [6, 6.07) is 13.2.